The van der Waals surface area contributed by atoms with Gasteiger partial charge < -0.3 is 25.2 Å². The molecule has 0 spiro atoms. The number of halogens is 5. The highest BCUT2D eigenvalue weighted by Gasteiger charge is 2.48. The molecule has 1 aromatic heterocycles. The van der Waals surface area contributed by atoms with Crippen LogP contribution in [-0.2, 0) is 23.9 Å². The van der Waals surface area contributed by atoms with Gasteiger partial charge in [-0.25, -0.2) is 8.78 Å². The maximum absolute atomic E-state index is 15.5. The van der Waals surface area contributed by atoms with Crippen molar-refractivity contribution in [1.29, 1.82) is 0 Å². The number of nitrogens with zero attached hydrogens (tertiary/aromatic N) is 4. The Bertz CT molecular complexity index is 1580. The van der Waals surface area contributed by atoms with Crippen LogP contribution in [0.4, 0.5) is 33.5 Å². The Hall–Kier alpha value is -3.47. The monoisotopic (exact) mass is 633 g/mol. The van der Waals surface area contributed by atoms with E-state index in [2.05, 4.69) is 21.7 Å². The molecule has 0 amide bonds. The Morgan fingerprint density at radius 1 is 1.24 bits per heavy atom. The number of fused-ring (bicyclic) bond motifs is 2. The first kappa shape index (κ1) is 31.5. The second kappa shape index (κ2) is 11.7. The minimum Gasteiger partial charge on any atom is -0.461 e. The highest BCUT2D eigenvalue weighted by atomic mass is 19.4. The van der Waals surface area contributed by atoms with Gasteiger partial charge in [0.15, 0.2) is 5.82 Å². The highest BCUT2D eigenvalue weighted by molar-refractivity contribution is 5.59. The van der Waals surface area contributed by atoms with E-state index in [-0.39, 0.29) is 32.2 Å². The zero-order valence-corrected chi connectivity index (χ0v) is 25.2. The van der Waals surface area contributed by atoms with Crippen LogP contribution in [0.5, 0.6) is 6.01 Å². The van der Waals surface area contributed by atoms with Crippen molar-refractivity contribution in [2.45, 2.75) is 82.4 Å². The molecule has 4 aliphatic rings. The van der Waals surface area contributed by atoms with Crippen LogP contribution in [0.1, 0.15) is 80.0 Å². The van der Waals surface area contributed by atoms with Crippen LogP contribution in [-0.4, -0.2) is 63.9 Å². The molecule has 0 unspecified atom stereocenters. The van der Waals surface area contributed by atoms with E-state index >= 15 is 4.39 Å². The molecule has 2 aromatic rings. The maximum atomic E-state index is 15.5. The van der Waals surface area contributed by atoms with Gasteiger partial charge >= 0.3 is 12.2 Å². The number of β-amino-alcohol motifs (C(OH)–C–C–N with tert-alkyl or cyclic N) is 1. The molecule has 8 nitrogen and oxygen atoms in total. The van der Waals surface area contributed by atoms with Crippen LogP contribution in [0.3, 0.4) is 0 Å². The van der Waals surface area contributed by atoms with Gasteiger partial charge in [-0.05, 0) is 64.1 Å². The predicted octanol–water partition coefficient (Wildman–Crippen LogP) is 5.22. The number of aliphatic hydroxyl groups is 1. The summed E-state index contributed by atoms with van der Waals surface area (Å²) in [6, 6.07) is 0.900. The lowest BCUT2D eigenvalue weighted by molar-refractivity contribution is -0.140. The van der Waals surface area contributed by atoms with E-state index in [1.165, 1.54) is 6.92 Å². The SMILES string of the molecule is CC#Cc1cc(N)c(F)c([C@@H]2Cc3nc(OC[C@]45CCCN4C/C(=C/F)C5)nc(N4CCC[C@@](C)(O)C4)c3CO2)c1C(F)(F)F. The van der Waals surface area contributed by atoms with Gasteiger partial charge in [-0.1, -0.05) is 5.92 Å². The van der Waals surface area contributed by atoms with E-state index < -0.39 is 51.6 Å². The van der Waals surface area contributed by atoms with Gasteiger partial charge in [0.25, 0.3) is 0 Å². The first-order valence-corrected chi connectivity index (χ1v) is 15.1. The summed E-state index contributed by atoms with van der Waals surface area (Å²) < 4.78 is 84.3. The van der Waals surface area contributed by atoms with Crippen molar-refractivity contribution in [3.8, 4) is 17.9 Å². The van der Waals surface area contributed by atoms with Gasteiger partial charge in [-0.3, -0.25) is 4.90 Å². The number of hydrogen-bond donors (Lipinski definition) is 2. The van der Waals surface area contributed by atoms with Crippen LogP contribution in [0.15, 0.2) is 18.0 Å². The average Bonchev–Trinajstić information content (AvgIpc) is 3.53. The summed E-state index contributed by atoms with van der Waals surface area (Å²) >= 11 is 0. The lowest BCUT2D eigenvalue weighted by Gasteiger charge is -2.39. The van der Waals surface area contributed by atoms with Crippen LogP contribution in [0, 0.1) is 17.7 Å². The third kappa shape index (κ3) is 5.95. The Morgan fingerprint density at radius 3 is 2.73 bits per heavy atom. The Kier molecular flexibility index (Phi) is 8.20. The summed E-state index contributed by atoms with van der Waals surface area (Å²) in [5.41, 5.74) is 3.17. The lowest BCUT2D eigenvalue weighted by Crippen LogP contribution is -2.47. The second-order valence-electron chi connectivity index (χ2n) is 12.8. The van der Waals surface area contributed by atoms with Crippen LogP contribution >= 0.6 is 0 Å². The van der Waals surface area contributed by atoms with Gasteiger partial charge in [0, 0.05) is 42.7 Å². The predicted molar refractivity (Wildman–Crippen MR) is 157 cm³/mol. The minimum absolute atomic E-state index is 0.00940. The Morgan fingerprint density at radius 2 is 2.02 bits per heavy atom. The van der Waals surface area contributed by atoms with Gasteiger partial charge in [0.05, 0.1) is 47.1 Å². The van der Waals surface area contributed by atoms with E-state index in [1.807, 2.05) is 4.90 Å². The number of hydrogen-bond acceptors (Lipinski definition) is 8. The Balaban J connectivity index is 1.40. The number of nitrogen functional groups attached to an aromatic ring is 1. The molecule has 1 aromatic carbocycles. The molecule has 242 valence electrons. The van der Waals surface area contributed by atoms with E-state index in [4.69, 9.17) is 20.2 Å². The van der Waals surface area contributed by atoms with E-state index in [0.717, 1.165) is 25.5 Å². The molecule has 5 heterocycles. The smallest absolute Gasteiger partial charge is 0.418 e. The van der Waals surface area contributed by atoms with Crippen molar-refractivity contribution < 1.29 is 36.5 Å². The van der Waals surface area contributed by atoms with Crippen LogP contribution < -0.4 is 15.4 Å². The highest BCUT2D eigenvalue weighted by Crippen LogP contribution is 2.45. The lowest BCUT2D eigenvalue weighted by atomic mass is 9.90. The maximum Gasteiger partial charge on any atom is 0.418 e. The van der Waals surface area contributed by atoms with Crippen LogP contribution in [0.25, 0.3) is 0 Å². The van der Waals surface area contributed by atoms with Gasteiger partial charge in [0.2, 0.25) is 0 Å². The summed E-state index contributed by atoms with van der Waals surface area (Å²) in [5.74, 6) is 4.09. The zero-order chi connectivity index (χ0) is 32.1. The second-order valence-corrected chi connectivity index (χ2v) is 12.8. The largest absolute Gasteiger partial charge is 0.461 e. The number of alkyl halides is 3. The summed E-state index contributed by atoms with van der Waals surface area (Å²) in [6.07, 6.45) is -2.30. The fraction of sp³-hybridized carbons (Fsp3) is 0.562. The molecule has 3 atom stereocenters. The first-order chi connectivity index (χ1) is 21.3. The average molecular weight is 634 g/mol. The number of aromatic nitrogens is 2. The molecular formula is C32H36F5N5O3. The number of nitrogens with two attached hydrogens (primary N) is 1. The minimum atomic E-state index is -4.93. The molecule has 6 rings (SSSR count). The number of rotatable bonds is 5. The summed E-state index contributed by atoms with van der Waals surface area (Å²) in [5, 5.41) is 10.8. The van der Waals surface area contributed by atoms with E-state index in [0.29, 0.717) is 61.3 Å². The normalized spacial score (nSPS) is 27.7. The van der Waals surface area contributed by atoms with Gasteiger partial charge in [-0.2, -0.15) is 23.1 Å². The van der Waals surface area contributed by atoms with Crippen molar-refractivity contribution in [1.82, 2.24) is 14.9 Å². The molecule has 45 heavy (non-hydrogen) atoms. The third-order valence-electron chi connectivity index (χ3n) is 9.34. The van der Waals surface area contributed by atoms with E-state index in [9.17, 15) is 22.7 Å². The number of anilines is 2. The summed E-state index contributed by atoms with van der Waals surface area (Å²) in [4.78, 5) is 13.4. The molecule has 0 bridgehead atoms. The molecule has 0 radical (unpaired) electrons. The molecule has 3 saturated heterocycles. The van der Waals surface area contributed by atoms with Gasteiger partial charge in [0.1, 0.15) is 12.4 Å². The topological polar surface area (TPSA) is 97.0 Å². The third-order valence-corrected chi connectivity index (χ3v) is 9.34. The fourth-order valence-corrected chi connectivity index (χ4v) is 7.34. The molecular weight excluding hydrogens is 597 g/mol. The number of piperidine rings is 1. The Labute approximate surface area is 258 Å². The van der Waals surface area contributed by atoms with Crippen molar-refractivity contribution >= 4 is 11.5 Å². The van der Waals surface area contributed by atoms with Crippen molar-refractivity contribution in [2.24, 2.45) is 0 Å². The zero-order valence-electron chi connectivity index (χ0n) is 25.2. The summed E-state index contributed by atoms with van der Waals surface area (Å²) in [7, 11) is 0. The quantitative estimate of drug-likeness (QED) is 0.263. The summed E-state index contributed by atoms with van der Waals surface area (Å²) in [6.45, 7) is 5.30. The standard InChI is InChI=1S/C32H36F5N5O3/c1-3-6-20-11-22(38)27(34)25(26(20)32(35,36)37)24-12-23-21(16-44-24)28(41-9-4-7-30(2,43)17-41)40-29(39-23)45-18-31-8-5-10-42(31)15-19(13-31)14-33/h11,14,24,43H,4-5,7-10,12-13,15-18,38H2,1-2H3/b19-14+/t24-,30+,31+/m0/s1. The molecule has 13 heteroatoms. The fourth-order valence-electron chi connectivity index (χ4n) is 7.34. The number of benzene rings is 1. The van der Waals surface area contributed by atoms with Crippen molar-refractivity contribution in [2.75, 3.05) is 43.4 Å². The first-order valence-electron chi connectivity index (χ1n) is 15.1. The van der Waals surface area contributed by atoms with Gasteiger partial charge in [-0.15, -0.1) is 5.92 Å². The molecule has 3 fully saturated rings. The van der Waals surface area contributed by atoms with Crippen molar-refractivity contribution in [3.05, 3.63) is 51.7 Å². The van der Waals surface area contributed by atoms with Crippen LogP contribution in [0.2, 0.25) is 0 Å². The van der Waals surface area contributed by atoms with Crippen molar-refractivity contribution in [3.63, 3.8) is 0 Å². The molecule has 0 aliphatic carbocycles. The molecule has 3 N–H and O–H groups in total. The molecule has 4 aliphatic heterocycles. The molecule has 0 saturated carbocycles. The number of ether oxygens (including phenoxy) is 2. The van der Waals surface area contributed by atoms with E-state index in [1.54, 1.807) is 6.92 Å².